The number of carboxylic acid groups (broad SMARTS) is 1. The normalized spacial score (nSPS) is 26.9. The molecular weight excluding hydrogens is 308 g/mol. The highest BCUT2D eigenvalue weighted by Gasteiger charge is 2.42. The topological polar surface area (TPSA) is 77.9 Å². The van der Waals surface area contributed by atoms with Crippen molar-refractivity contribution < 1.29 is 19.5 Å². The predicted molar refractivity (Wildman–Crippen MR) is 88.5 cm³/mol. The van der Waals surface area contributed by atoms with Crippen LogP contribution in [0.3, 0.4) is 0 Å². The van der Waals surface area contributed by atoms with Gasteiger partial charge in [-0.25, -0.2) is 0 Å². The van der Waals surface area contributed by atoms with E-state index in [1.54, 1.807) is 9.80 Å². The molecule has 2 aliphatic rings. The van der Waals surface area contributed by atoms with Crippen molar-refractivity contribution in [1.29, 1.82) is 0 Å². The number of hydrogen-bond donors (Lipinski definition) is 1. The highest BCUT2D eigenvalue weighted by atomic mass is 16.4. The SMILES string of the molecule is Cc1ccc(N2CC(C(=O)N3C[C@@H](C)[C@H](C(=O)O)C3)CC2=O)cc1. The van der Waals surface area contributed by atoms with Gasteiger partial charge in [-0.3, -0.25) is 14.4 Å². The monoisotopic (exact) mass is 330 g/mol. The van der Waals surface area contributed by atoms with Crippen molar-refractivity contribution in [1.82, 2.24) is 4.90 Å². The first kappa shape index (κ1) is 16.5. The van der Waals surface area contributed by atoms with E-state index in [2.05, 4.69) is 0 Å². The number of likely N-dealkylation sites (tertiary alicyclic amines) is 1. The Morgan fingerprint density at radius 3 is 2.38 bits per heavy atom. The summed E-state index contributed by atoms with van der Waals surface area (Å²) in [7, 11) is 0. The molecule has 2 saturated heterocycles. The number of amides is 2. The largest absolute Gasteiger partial charge is 0.481 e. The number of nitrogens with zero attached hydrogens (tertiary/aromatic N) is 2. The summed E-state index contributed by atoms with van der Waals surface area (Å²) in [5.41, 5.74) is 1.92. The zero-order chi connectivity index (χ0) is 17.4. The second kappa shape index (κ2) is 6.26. The second-order valence-corrected chi connectivity index (χ2v) is 6.91. The van der Waals surface area contributed by atoms with Crippen molar-refractivity contribution in [2.45, 2.75) is 20.3 Å². The zero-order valence-corrected chi connectivity index (χ0v) is 13.9. The molecule has 1 unspecified atom stereocenters. The fourth-order valence-corrected chi connectivity index (χ4v) is 3.57. The van der Waals surface area contributed by atoms with Gasteiger partial charge in [-0.05, 0) is 25.0 Å². The van der Waals surface area contributed by atoms with E-state index in [4.69, 9.17) is 0 Å². The molecule has 3 rings (SSSR count). The molecule has 6 heteroatoms. The average Bonchev–Trinajstić information content (AvgIpc) is 3.11. The quantitative estimate of drug-likeness (QED) is 0.911. The van der Waals surface area contributed by atoms with Crippen LogP contribution >= 0.6 is 0 Å². The fraction of sp³-hybridized carbons (Fsp3) is 0.500. The van der Waals surface area contributed by atoms with Crippen molar-refractivity contribution in [2.75, 3.05) is 24.5 Å². The predicted octanol–water partition coefficient (Wildman–Crippen LogP) is 1.53. The van der Waals surface area contributed by atoms with Crippen LogP contribution in [-0.4, -0.2) is 47.4 Å². The summed E-state index contributed by atoms with van der Waals surface area (Å²) in [5, 5.41) is 9.20. The van der Waals surface area contributed by atoms with Gasteiger partial charge in [-0.2, -0.15) is 0 Å². The van der Waals surface area contributed by atoms with Crippen molar-refractivity contribution in [3.05, 3.63) is 29.8 Å². The molecule has 1 aromatic rings. The summed E-state index contributed by atoms with van der Waals surface area (Å²) in [6.07, 6.45) is 0.190. The van der Waals surface area contributed by atoms with Gasteiger partial charge >= 0.3 is 5.97 Å². The number of carbonyl (C=O) groups is 3. The summed E-state index contributed by atoms with van der Waals surface area (Å²) in [4.78, 5) is 39.5. The zero-order valence-electron chi connectivity index (χ0n) is 13.9. The highest BCUT2D eigenvalue weighted by Crippen LogP contribution is 2.30. The van der Waals surface area contributed by atoms with E-state index in [9.17, 15) is 19.5 Å². The van der Waals surface area contributed by atoms with Gasteiger partial charge in [0, 0.05) is 31.7 Å². The minimum atomic E-state index is -0.860. The number of anilines is 1. The second-order valence-electron chi connectivity index (χ2n) is 6.91. The van der Waals surface area contributed by atoms with Crippen LogP contribution in [-0.2, 0) is 14.4 Å². The number of hydrogen-bond acceptors (Lipinski definition) is 3. The van der Waals surface area contributed by atoms with Crippen LogP contribution in [0.1, 0.15) is 18.9 Å². The van der Waals surface area contributed by atoms with E-state index in [0.717, 1.165) is 11.3 Å². The number of carboxylic acids is 1. The number of rotatable bonds is 3. The molecule has 128 valence electrons. The highest BCUT2D eigenvalue weighted by molar-refractivity contribution is 6.00. The fourth-order valence-electron chi connectivity index (χ4n) is 3.57. The van der Waals surface area contributed by atoms with Gasteiger partial charge < -0.3 is 14.9 Å². The molecule has 3 atom stereocenters. The molecule has 2 aliphatic heterocycles. The van der Waals surface area contributed by atoms with Crippen molar-refractivity contribution in [3.8, 4) is 0 Å². The molecule has 0 aliphatic carbocycles. The third kappa shape index (κ3) is 3.00. The van der Waals surface area contributed by atoms with E-state index >= 15 is 0 Å². The van der Waals surface area contributed by atoms with E-state index in [1.165, 1.54) is 0 Å². The molecule has 6 nitrogen and oxygen atoms in total. The van der Waals surface area contributed by atoms with E-state index in [1.807, 2.05) is 38.1 Å². The number of aryl methyl sites for hydroxylation is 1. The van der Waals surface area contributed by atoms with Crippen LogP contribution in [0.2, 0.25) is 0 Å². The third-order valence-electron chi connectivity index (χ3n) is 5.06. The summed E-state index contributed by atoms with van der Waals surface area (Å²) < 4.78 is 0. The first-order valence-corrected chi connectivity index (χ1v) is 8.25. The Morgan fingerprint density at radius 2 is 1.79 bits per heavy atom. The van der Waals surface area contributed by atoms with Crippen molar-refractivity contribution in [2.24, 2.45) is 17.8 Å². The molecule has 2 amide bonds. The maximum Gasteiger partial charge on any atom is 0.308 e. The summed E-state index contributed by atoms with van der Waals surface area (Å²) >= 11 is 0. The van der Waals surface area contributed by atoms with Crippen LogP contribution in [0.15, 0.2) is 24.3 Å². The minimum Gasteiger partial charge on any atom is -0.481 e. The lowest BCUT2D eigenvalue weighted by Gasteiger charge is -2.21. The molecule has 1 N–H and O–H groups in total. The van der Waals surface area contributed by atoms with Gasteiger partial charge in [0.25, 0.3) is 0 Å². The Kier molecular flexibility index (Phi) is 4.30. The Hall–Kier alpha value is -2.37. The molecule has 0 bridgehead atoms. The molecule has 24 heavy (non-hydrogen) atoms. The maximum atomic E-state index is 12.7. The number of carbonyl (C=O) groups excluding carboxylic acids is 2. The Bertz CT molecular complexity index is 670. The maximum absolute atomic E-state index is 12.7. The van der Waals surface area contributed by atoms with Crippen LogP contribution in [0.4, 0.5) is 5.69 Å². The van der Waals surface area contributed by atoms with Crippen LogP contribution in [0.5, 0.6) is 0 Å². The third-order valence-corrected chi connectivity index (χ3v) is 5.06. The van der Waals surface area contributed by atoms with E-state index in [-0.39, 0.29) is 30.7 Å². The van der Waals surface area contributed by atoms with Gasteiger partial charge in [0.1, 0.15) is 0 Å². The molecule has 0 spiro atoms. The lowest BCUT2D eigenvalue weighted by molar-refractivity contribution is -0.142. The summed E-state index contributed by atoms with van der Waals surface area (Å²) in [6.45, 7) is 4.89. The van der Waals surface area contributed by atoms with Gasteiger partial charge in [0.05, 0.1) is 11.8 Å². The Morgan fingerprint density at radius 1 is 1.12 bits per heavy atom. The molecule has 2 fully saturated rings. The molecule has 0 radical (unpaired) electrons. The van der Waals surface area contributed by atoms with Crippen molar-refractivity contribution >= 4 is 23.5 Å². The molecule has 0 aromatic heterocycles. The van der Waals surface area contributed by atoms with E-state index < -0.39 is 17.8 Å². The molecular formula is C18H22N2O4. The molecule has 0 saturated carbocycles. The number of aliphatic carboxylic acids is 1. The number of benzene rings is 1. The summed E-state index contributed by atoms with van der Waals surface area (Å²) in [6, 6.07) is 7.66. The van der Waals surface area contributed by atoms with Crippen molar-refractivity contribution in [3.63, 3.8) is 0 Å². The summed E-state index contributed by atoms with van der Waals surface area (Å²) in [5.74, 6) is -1.98. The lowest BCUT2D eigenvalue weighted by atomic mass is 9.99. The van der Waals surface area contributed by atoms with E-state index in [0.29, 0.717) is 13.1 Å². The first-order chi connectivity index (χ1) is 11.4. The first-order valence-electron chi connectivity index (χ1n) is 8.25. The molecule has 2 heterocycles. The molecule has 1 aromatic carbocycles. The van der Waals surface area contributed by atoms with Gasteiger partial charge in [0.15, 0.2) is 0 Å². The average molecular weight is 330 g/mol. The smallest absolute Gasteiger partial charge is 0.308 e. The van der Waals surface area contributed by atoms with Gasteiger partial charge in [-0.15, -0.1) is 0 Å². The van der Waals surface area contributed by atoms with Crippen LogP contribution in [0, 0.1) is 24.7 Å². The van der Waals surface area contributed by atoms with Gasteiger partial charge in [-0.1, -0.05) is 24.6 Å². The van der Waals surface area contributed by atoms with Crippen LogP contribution < -0.4 is 4.90 Å². The Labute approximate surface area is 141 Å². The minimum absolute atomic E-state index is 0.0563. The standard InChI is InChI=1S/C18H22N2O4/c1-11-3-5-14(6-4-11)20-9-13(7-16(20)21)17(22)19-8-12(2)15(10-19)18(23)24/h3-6,12-13,15H,7-10H2,1-2H3,(H,23,24)/t12-,13?,15-/m1/s1. The lowest BCUT2D eigenvalue weighted by Crippen LogP contribution is -2.36. The Balaban J connectivity index is 1.68. The van der Waals surface area contributed by atoms with Crippen LogP contribution in [0.25, 0.3) is 0 Å². The van der Waals surface area contributed by atoms with Gasteiger partial charge in [0.2, 0.25) is 11.8 Å².